The van der Waals surface area contributed by atoms with Gasteiger partial charge in [0.1, 0.15) is 5.82 Å². The predicted molar refractivity (Wildman–Crippen MR) is 122 cm³/mol. The number of guanidine groups is 1. The third kappa shape index (κ3) is 8.62. The first kappa shape index (κ1) is 24.6. The fourth-order valence-corrected chi connectivity index (χ4v) is 3.39. The lowest BCUT2D eigenvalue weighted by molar-refractivity contribution is 0.0536. The van der Waals surface area contributed by atoms with Crippen molar-refractivity contribution in [3.8, 4) is 0 Å². The monoisotopic (exact) mass is 557 g/mol. The number of benzene rings is 1. The molecule has 1 N–H and O–H groups in total. The lowest BCUT2D eigenvalue weighted by Gasteiger charge is -2.21. The van der Waals surface area contributed by atoms with Crippen LogP contribution in [0.25, 0.3) is 0 Å². The maximum atomic E-state index is 13.3. The number of rotatable bonds is 9. The summed E-state index contributed by atoms with van der Waals surface area (Å²) in [5.74, 6) is 1.25. The first-order chi connectivity index (χ1) is 12.6. The van der Waals surface area contributed by atoms with Gasteiger partial charge in [0.15, 0.2) is 5.96 Å². The number of hydrogen-bond acceptors (Lipinski definition) is 3. The van der Waals surface area contributed by atoms with Crippen LogP contribution in [0.4, 0.5) is 4.39 Å². The van der Waals surface area contributed by atoms with Gasteiger partial charge in [-0.15, -0.1) is 24.0 Å². The van der Waals surface area contributed by atoms with Crippen LogP contribution < -0.4 is 5.32 Å². The summed E-state index contributed by atoms with van der Waals surface area (Å²) in [6.07, 6.45) is 1.90. The van der Waals surface area contributed by atoms with Gasteiger partial charge < -0.3 is 19.7 Å². The van der Waals surface area contributed by atoms with Crippen molar-refractivity contribution in [1.82, 2.24) is 10.2 Å². The fourth-order valence-electron chi connectivity index (χ4n) is 2.97. The normalized spacial score (nSPS) is 17.1. The maximum Gasteiger partial charge on any atom is 0.193 e. The molecule has 1 aliphatic heterocycles. The van der Waals surface area contributed by atoms with Crippen LogP contribution in [0.2, 0.25) is 0 Å². The average molecular weight is 558 g/mol. The first-order valence-electron chi connectivity index (χ1n) is 9.18. The van der Waals surface area contributed by atoms with Gasteiger partial charge in [0.2, 0.25) is 0 Å². The number of methoxy groups -OCH3 is 1. The Morgan fingerprint density at radius 3 is 2.93 bits per heavy atom. The van der Waals surface area contributed by atoms with E-state index in [0.29, 0.717) is 30.1 Å². The minimum absolute atomic E-state index is 0. The Morgan fingerprint density at radius 1 is 1.41 bits per heavy atom. The van der Waals surface area contributed by atoms with Crippen molar-refractivity contribution in [2.24, 2.45) is 10.9 Å². The van der Waals surface area contributed by atoms with Gasteiger partial charge >= 0.3 is 0 Å². The number of hydrogen-bond donors (Lipinski definition) is 1. The van der Waals surface area contributed by atoms with E-state index < -0.39 is 0 Å². The molecule has 1 aliphatic rings. The summed E-state index contributed by atoms with van der Waals surface area (Å²) in [7, 11) is 1.68. The Labute approximate surface area is 187 Å². The Kier molecular flexibility index (Phi) is 12.5. The number of halogens is 3. The van der Waals surface area contributed by atoms with Gasteiger partial charge in [-0.3, -0.25) is 4.99 Å². The van der Waals surface area contributed by atoms with Crippen molar-refractivity contribution in [2.45, 2.75) is 19.8 Å². The maximum absolute atomic E-state index is 13.3. The highest BCUT2D eigenvalue weighted by Gasteiger charge is 2.24. The SMILES string of the molecule is CCNC(=NCCc1ccc(F)c(Br)c1)N1CCC(COCCOC)C1.I. The van der Waals surface area contributed by atoms with Gasteiger partial charge in [0.25, 0.3) is 0 Å². The predicted octanol–water partition coefficient (Wildman–Crippen LogP) is 3.70. The Bertz CT molecular complexity index is 592. The van der Waals surface area contributed by atoms with Crippen LogP contribution in [-0.4, -0.2) is 64.0 Å². The lowest BCUT2D eigenvalue weighted by atomic mass is 10.1. The Morgan fingerprint density at radius 2 is 2.22 bits per heavy atom. The van der Waals surface area contributed by atoms with E-state index in [1.165, 1.54) is 6.07 Å². The van der Waals surface area contributed by atoms with E-state index in [9.17, 15) is 4.39 Å². The van der Waals surface area contributed by atoms with Crippen molar-refractivity contribution in [1.29, 1.82) is 0 Å². The topological polar surface area (TPSA) is 46.1 Å². The molecule has 1 aromatic rings. The zero-order valence-electron chi connectivity index (χ0n) is 16.0. The van der Waals surface area contributed by atoms with Crippen LogP contribution in [0, 0.1) is 11.7 Å². The van der Waals surface area contributed by atoms with Crippen LogP contribution >= 0.6 is 39.9 Å². The number of nitrogens with zero attached hydrogens (tertiary/aromatic N) is 2. The molecule has 0 saturated carbocycles. The van der Waals surface area contributed by atoms with Crippen LogP contribution in [0.15, 0.2) is 27.7 Å². The minimum atomic E-state index is -0.235. The highest BCUT2D eigenvalue weighted by Crippen LogP contribution is 2.18. The molecule has 1 aromatic carbocycles. The summed E-state index contributed by atoms with van der Waals surface area (Å²) in [6, 6.07) is 5.12. The van der Waals surface area contributed by atoms with Gasteiger partial charge in [-0.25, -0.2) is 4.39 Å². The van der Waals surface area contributed by atoms with Crippen LogP contribution in [0.1, 0.15) is 18.9 Å². The van der Waals surface area contributed by atoms with Crippen LogP contribution in [-0.2, 0) is 15.9 Å². The summed E-state index contributed by atoms with van der Waals surface area (Å²) < 4.78 is 24.5. The summed E-state index contributed by atoms with van der Waals surface area (Å²) in [6.45, 7) is 7.59. The molecule has 0 amide bonds. The average Bonchev–Trinajstić information content (AvgIpc) is 3.10. The molecular formula is C19H30BrFIN3O2. The van der Waals surface area contributed by atoms with E-state index in [1.807, 2.05) is 12.1 Å². The molecule has 8 heteroatoms. The fraction of sp³-hybridized carbons (Fsp3) is 0.632. The highest BCUT2D eigenvalue weighted by molar-refractivity contribution is 14.0. The highest BCUT2D eigenvalue weighted by atomic mass is 127. The molecule has 2 rings (SSSR count). The molecule has 1 fully saturated rings. The largest absolute Gasteiger partial charge is 0.382 e. The molecule has 1 heterocycles. The van der Waals surface area contributed by atoms with Crippen molar-refractivity contribution in [3.63, 3.8) is 0 Å². The Balaban J connectivity index is 0.00000364. The number of nitrogens with one attached hydrogen (secondary N) is 1. The van der Waals surface area contributed by atoms with E-state index in [2.05, 4.69) is 33.1 Å². The second kappa shape index (κ2) is 13.7. The smallest absolute Gasteiger partial charge is 0.193 e. The van der Waals surface area contributed by atoms with Crippen molar-refractivity contribution in [3.05, 3.63) is 34.1 Å². The van der Waals surface area contributed by atoms with Gasteiger partial charge in [-0.1, -0.05) is 6.07 Å². The molecule has 27 heavy (non-hydrogen) atoms. The molecule has 5 nitrogen and oxygen atoms in total. The van der Waals surface area contributed by atoms with Gasteiger partial charge in [-0.2, -0.15) is 0 Å². The molecule has 0 spiro atoms. The number of aliphatic imine (C=N–C) groups is 1. The number of ether oxygens (including phenoxy) is 2. The Hall–Kier alpha value is -0.450. The summed E-state index contributed by atoms with van der Waals surface area (Å²) in [5.41, 5.74) is 1.07. The van der Waals surface area contributed by atoms with Gasteiger partial charge in [0.05, 0.1) is 24.3 Å². The second-order valence-electron chi connectivity index (χ2n) is 6.40. The lowest BCUT2D eigenvalue weighted by Crippen LogP contribution is -2.40. The molecule has 154 valence electrons. The molecule has 1 saturated heterocycles. The zero-order chi connectivity index (χ0) is 18.8. The van der Waals surface area contributed by atoms with Crippen molar-refractivity contribution in [2.75, 3.05) is 53.1 Å². The molecule has 0 bridgehead atoms. The third-order valence-corrected chi connectivity index (χ3v) is 4.96. The first-order valence-corrected chi connectivity index (χ1v) is 9.97. The molecular weight excluding hydrogens is 528 g/mol. The second-order valence-corrected chi connectivity index (χ2v) is 7.26. The van der Waals surface area contributed by atoms with Crippen LogP contribution in [0.5, 0.6) is 0 Å². The third-order valence-electron chi connectivity index (χ3n) is 4.35. The van der Waals surface area contributed by atoms with Crippen LogP contribution in [0.3, 0.4) is 0 Å². The van der Waals surface area contributed by atoms with E-state index in [-0.39, 0.29) is 29.8 Å². The van der Waals surface area contributed by atoms with E-state index in [1.54, 1.807) is 7.11 Å². The standard InChI is InChI=1S/C19H29BrFN3O2.HI/c1-3-22-19(23-8-6-15-4-5-18(21)17(20)12-15)24-9-7-16(13-24)14-26-11-10-25-2;/h4-5,12,16H,3,6-11,13-14H2,1-2H3,(H,22,23);1H. The van der Waals surface area contributed by atoms with Crippen molar-refractivity contribution >= 4 is 45.9 Å². The molecule has 0 radical (unpaired) electrons. The van der Waals surface area contributed by atoms with E-state index >= 15 is 0 Å². The van der Waals surface area contributed by atoms with Gasteiger partial charge in [-0.05, 0) is 53.4 Å². The molecule has 1 unspecified atom stereocenters. The van der Waals surface area contributed by atoms with Crippen molar-refractivity contribution < 1.29 is 13.9 Å². The summed E-state index contributed by atoms with van der Waals surface area (Å²) >= 11 is 3.23. The minimum Gasteiger partial charge on any atom is -0.382 e. The molecule has 0 aliphatic carbocycles. The molecule has 0 aromatic heterocycles. The number of likely N-dealkylation sites (tertiary alicyclic amines) is 1. The van der Waals surface area contributed by atoms with Gasteiger partial charge in [0, 0.05) is 39.2 Å². The summed E-state index contributed by atoms with van der Waals surface area (Å²) in [4.78, 5) is 7.05. The van der Waals surface area contributed by atoms with E-state index in [0.717, 1.165) is 50.6 Å². The molecule has 1 atom stereocenters. The summed E-state index contributed by atoms with van der Waals surface area (Å²) in [5, 5.41) is 3.37. The van der Waals surface area contributed by atoms with E-state index in [4.69, 9.17) is 14.5 Å². The zero-order valence-corrected chi connectivity index (χ0v) is 20.0. The quantitative estimate of drug-likeness (QED) is 0.218.